The lowest BCUT2D eigenvalue weighted by Gasteiger charge is -2.12. The first kappa shape index (κ1) is 31.4. The third-order valence-electron chi connectivity index (χ3n) is 6.95. The van der Waals surface area contributed by atoms with Crippen LogP contribution in [-0.2, 0) is 23.3 Å². The van der Waals surface area contributed by atoms with Gasteiger partial charge in [0.15, 0.2) is 0 Å². The minimum atomic E-state index is -2.43. The van der Waals surface area contributed by atoms with Gasteiger partial charge >= 0.3 is 0 Å². The minimum Gasteiger partial charge on any atom is -0.488 e. The Balaban J connectivity index is 1.18. The molecular weight excluding hydrogens is 691 g/mol. The summed E-state index contributed by atoms with van der Waals surface area (Å²) in [5.41, 5.74) is 4.54. The summed E-state index contributed by atoms with van der Waals surface area (Å²) >= 11 is 5.02. The maximum Gasteiger partial charge on any atom is 0.228 e. The lowest BCUT2D eigenvalue weighted by atomic mass is 10.1. The third kappa shape index (κ3) is 7.62. The Morgan fingerprint density at radius 3 is 2.70 bits per heavy atom. The van der Waals surface area contributed by atoms with Crippen LogP contribution in [0.4, 0.5) is 15.9 Å². The van der Waals surface area contributed by atoms with Gasteiger partial charge in [-0.05, 0) is 83.0 Å². The van der Waals surface area contributed by atoms with E-state index in [1.807, 2.05) is 60.8 Å². The van der Waals surface area contributed by atoms with E-state index in [1.54, 1.807) is 24.4 Å². The van der Waals surface area contributed by atoms with Crippen LogP contribution in [0.5, 0.6) is 5.75 Å². The molecule has 0 radical (unpaired) electrons. The highest BCUT2D eigenvalue weighted by Gasteiger charge is 2.16. The number of hydrogen-bond donors (Lipinski definition) is 2. The fraction of sp³-hybridized carbons (Fsp3) is 0.121. The zero-order valence-electron chi connectivity index (χ0n) is 24.3. The summed E-state index contributed by atoms with van der Waals surface area (Å²) in [6, 6.07) is 22.8. The molecule has 0 saturated heterocycles. The summed E-state index contributed by atoms with van der Waals surface area (Å²) in [5.74, 6) is 0.932. The molecule has 0 saturated carbocycles. The fourth-order valence-electron chi connectivity index (χ4n) is 4.68. The van der Waals surface area contributed by atoms with E-state index in [9.17, 15) is 12.8 Å². The van der Waals surface area contributed by atoms with Crippen molar-refractivity contribution in [1.29, 1.82) is 0 Å². The summed E-state index contributed by atoms with van der Waals surface area (Å²) < 4.78 is 44.0. The Morgan fingerprint density at radius 1 is 1.02 bits per heavy atom. The number of hydrogen-bond acceptors (Lipinski definition) is 9. The highest BCUT2D eigenvalue weighted by molar-refractivity contribution is 9.10. The molecule has 6 rings (SSSR count). The zero-order valence-corrected chi connectivity index (χ0v) is 27.5. The number of rotatable bonds is 10. The van der Waals surface area contributed by atoms with E-state index in [2.05, 4.69) is 41.5 Å². The average molecular weight is 718 g/mol. The largest absolute Gasteiger partial charge is 0.488 e. The standard InChI is InChI=1S/C33H26BrFN6O3S2/c1-20(39-31(46(42)43)16-24-7-2-3-12-36-24)33-41-29(18-45-33)22-8-10-28-26(14-22)32(38-19-37-28)40-25-9-11-30(27(34)15-25)44-17-21-5-4-6-23(35)13-21/h2-15,18-20,39H,16-17H2,1H3,(H,37,38,40). The molecule has 3 heterocycles. The van der Waals surface area contributed by atoms with Crippen LogP contribution in [-0.4, -0.2) is 33.3 Å². The Kier molecular flexibility index (Phi) is 9.73. The van der Waals surface area contributed by atoms with E-state index in [-0.39, 0.29) is 29.9 Å². The molecule has 2 N–H and O–H groups in total. The van der Waals surface area contributed by atoms with E-state index >= 15 is 0 Å². The minimum absolute atomic E-state index is 0.152. The van der Waals surface area contributed by atoms with E-state index in [4.69, 9.17) is 9.72 Å². The predicted octanol–water partition coefficient (Wildman–Crippen LogP) is 7.27. The SMILES string of the molecule is CC(NC(Cc1ccccn1)=S(=O)=O)c1nc(-c2ccc3ncnc(Nc4ccc(OCc5cccc(F)c5)c(Br)c4)c3c2)cs1. The number of thiazole rings is 1. The molecule has 0 aliphatic carbocycles. The molecule has 0 fully saturated rings. The van der Waals surface area contributed by atoms with Crippen LogP contribution in [0.25, 0.3) is 22.2 Å². The van der Waals surface area contributed by atoms with Crippen LogP contribution < -0.4 is 15.4 Å². The first-order valence-corrected chi connectivity index (χ1v) is 16.8. The number of nitrogens with zero attached hydrogens (tertiary/aromatic N) is 4. The Morgan fingerprint density at radius 2 is 1.91 bits per heavy atom. The smallest absolute Gasteiger partial charge is 0.228 e. The molecule has 0 bridgehead atoms. The number of benzene rings is 3. The molecule has 9 nitrogen and oxygen atoms in total. The van der Waals surface area contributed by atoms with Crippen LogP contribution in [0.1, 0.15) is 29.2 Å². The van der Waals surface area contributed by atoms with Gasteiger partial charge < -0.3 is 10.1 Å². The molecule has 46 heavy (non-hydrogen) atoms. The normalized spacial score (nSPS) is 11.7. The number of nitrogens with one attached hydrogen (secondary N) is 2. The summed E-state index contributed by atoms with van der Waals surface area (Å²) in [6.07, 6.45) is 3.31. The van der Waals surface area contributed by atoms with Crippen molar-refractivity contribution in [3.63, 3.8) is 0 Å². The molecule has 232 valence electrons. The van der Waals surface area contributed by atoms with Gasteiger partial charge in [-0.15, -0.1) is 11.3 Å². The second-order valence-corrected chi connectivity index (χ2v) is 12.9. The van der Waals surface area contributed by atoms with Crippen molar-refractivity contribution >= 4 is 65.0 Å². The topological polar surface area (TPSA) is 119 Å². The van der Waals surface area contributed by atoms with E-state index in [1.165, 1.54) is 29.8 Å². The summed E-state index contributed by atoms with van der Waals surface area (Å²) in [4.78, 5) is 18.1. The molecule has 3 aromatic carbocycles. The number of fused-ring (bicyclic) bond motifs is 1. The van der Waals surface area contributed by atoms with E-state index in [0.717, 1.165) is 42.9 Å². The summed E-state index contributed by atoms with van der Waals surface area (Å²) in [6.45, 7) is 2.11. The lowest BCUT2D eigenvalue weighted by molar-refractivity contribution is 0.303. The van der Waals surface area contributed by atoms with Crippen LogP contribution in [0.3, 0.4) is 0 Å². The molecule has 3 aromatic heterocycles. The molecule has 0 spiro atoms. The average Bonchev–Trinajstić information content (AvgIpc) is 3.55. The van der Waals surface area contributed by atoms with Crippen molar-refractivity contribution in [3.8, 4) is 17.0 Å². The van der Waals surface area contributed by atoms with Crippen LogP contribution in [0.15, 0.2) is 101 Å². The van der Waals surface area contributed by atoms with Gasteiger partial charge in [0.2, 0.25) is 10.3 Å². The highest BCUT2D eigenvalue weighted by atomic mass is 79.9. The van der Waals surface area contributed by atoms with Gasteiger partial charge in [-0.1, -0.05) is 24.3 Å². The Hall–Kier alpha value is -4.56. The number of ether oxygens (including phenoxy) is 1. The predicted molar refractivity (Wildman–Crippen MR) is 182 cm³/mol. The van der Waals surface area contributed by atoms with Crippen molar-refractivity contribution in [2.45, 2.75) is 26.0 Å². The maximum absolute atomic E-state index is 13.5. The van der Waals surface area contributed by atoms with Gasteiger partial charge in [-0.3, -0.25) is 10.3 Å². The fourth-order valence-corrected chi connectivity index (χ4v) is 6.55. The van der Waals surface area contributed by atoms with Crippen LogP contribution in [0.2, 0.25) is 0 Å². The molecule has 0 aliphatic rings. The number of halogens is 2. The zero-order chi connectivity index (χ0) is 32.0. The van der Waals surface area contributed by atoms with Gasteiger partial charge in [-0.2, -0.15) is 8.42 Å². The number of aromatic nitrogens is 4. The molecule has 0 aliphatic heterocycles. The molecule has 13 heteroatoms. The van der Waals surface area contributed by atoms with Crippen molar-refractivity contribution in [3.05, 3.63) is 123 Å². The van der Waals surface area contributed by atoms with Crippen molar-refractivity contribution in [1.82, 2.24) is 25.3 Å². The third-order valence-corrected chi connectivity index (χ3v) is 9.26. The quantitative estimate of drug-likeness (QED) is 0.141. The van der Waals surface area contributed by atoms with Crippen molar-refractivity contribution < 1.29 is 17.5 Å². The highest BCUT2D eigenvalue weighted by Crippen LogP contribution is 2.33. The van der Waals surface area contributed by atoms with E-state index < -0.39 is 10.3 Å². The lowest BCUT2D eigenvalue weighted by Crippen LogP contribution is -2.29. The first-order chi connectivity index (χ1) is 22.3. The van der Waals surface area contributed by atoms with Crippen molar-refractivity contribution in [2.75, 3.05) is 5.32 Å². The Bertz CT molecular complexity index is 2150. The second-order valence-electron chi connectivity index (χ2n) is 10.2. The molecule has 1 unspecified atom stereocenters. The van der Waals surface area contributed by atoms with Gasteiger partial charge in [0, 0.05) is 40.3 Å². The van der Waals surface area contributed by atoms with Gasteiger partial charge in [-0.25, -0.2) is 19.3 Å². The van der Waals surface area contributed by atoms with Crippen LogP contribution >= 0.6 is 27.3 Å². The Labute approximate surface area is 278 Å². The molecule has 6 aromatic rings. The monoisotopic (exact) mass is 716 g/mol. The second kappa shape index (κ2) is 14.3. The first-order valence-electron chi connectivity index (χ1n) is 14.1. The van der Waals surface area contributed by atoms with Gasteiger partial charge in [0.25, 0.3) is 0 Å². The van der Waals surface area contributed by atoms with Gasteiger partial charge in [0.05, 0.1) is 21.7 Å². The van der Waals surface area contributed by atoms with E-state index in [0.29, 0.717) is 17.3 Å². The molecule has 1 atom stereocenters. The molecule has 0 amide bonds. The number of pyridine rings is 1. The van der Waals surface area contributed by atoms with Gasteiger partial charge in [0.1, 0.15) is 40.3 Å². The van der Waals surface area contributed by atoms with Crippen molar-refractivity contribution in [2.24, 2.45) is 0 Å². The number of anilines is 2. The maximum atomic E-state index is 13.5. The summed E-state index contributed by atoms with van der Waals surface area (Å²) in [7, 11) is -2.43. The summed E-state index contributed by atoms with van der Waals surface area (Å²) in [5, 5.41) is 9.95. The van der Waals surface area contributed by atoms with Crippen LogP contribution in [0, 0.1) is 5.82 Å². The molecular formula is C33H26BrFN6O3S2.